The third-order valence-corrected chi connectivity index (χ3v) is 5.09. The average Bonchev–Trinajstić information content (AvgIpc) is 2.73. The van der Waals surface area contributed by atoms with E-state index < -0.39 is 23.8 Å². The molecule has 0 bridgehead atoms. The molecule has 1 aromatic carbocycles. The summed E-state index contributed by atoms with van der Waals surface area (Å²) in [6.07, 6.45) is -3.14. The monoisotopic (exact) mass is 473 g/mol. The second kappa shape index (κ2) is 10.1. The minimum Gasteiger partial charge on any atom is -0.393 e. The van der Waals surface area contributed by atoms with Crippen molar-refractivity contribution in [3.8, 4) is 11.1 Å². The number of hydrogen-bond donors (Lipinski definition) is 3. The number of aryl methyl sites for hydroxylation is 1. The number of hydrogen-bond acceptors (Lipinski definition) is 6. The van der Waals surface area contributed by atoms with Gasteiger partial charge in [-0.15, -0.1) is 0 Å². The Morgan fingerprint density at radius 3 is 2.53 bits per heavy atom. The molecule has 7 nitrogen and oxygen atoms in total. The van der Waals surface area contributed by atoms with Crippen LogP contribution in [0.3, 0.4) is 0 Å². The van der Waals surface area contributed by atoms with E-state index in [1.165, 1.54) is 12.1 Å². The Bertz CT molecular complexity index is 1160. The zero-order valence-corrected chi connectivity index (χ0v) is 19.0. The summed E-state index contributed by atoms with van der Waals surface area (Å²) in [6.45, 7) is 3.34. The molecule has 0 fully saturated rings. The van der Waals surface area contributed by atoms with Crippen molar-refractivity contribution in [3.63, 3.8) is 0 Å². The number of rotatable bonds is 7. The molecule has 1 amide bonds. The number of carbonyl (C=O) groups is 1. The summed E-state index contributed by atoms with van der Waals surface area (Å²) in [5.74, 6) is -0.165. The van der Waals surface area contributed by atoms with Crippen molar-refractivity contribution in [2.75, 3.05) is 29.5 Å². The van der Waals surface area contributed by atoms with Crippen molar-refractivity contribution in [2.45, 2.75) is 32.5 Å². The van der Waals surface area contributed by atoms with E-state index in [-0.39, 0.29) is 18.1 Å². The number of halogens is 3. The maximum absolute atomic E-state index is 12.8. The first-order valence-corrected chi connectivity index (χ1v) is 10.5. The lowest BCUT2D eigenvalue weighted by molar-refractivity contribution is -0.137. The number of nitrogen functional groups attached to an aromatic ring is 1. The van der Waals surface area contributed by atoms with Crippen molar-refractivity contribution < 1.29 is 23.1 Å². The summed E-state index contributed by atoms with van der Waals surface area (Å²) in [4.78, 5) is 23.1. The van der Waals surface area contributed by atoms with E-state index in [1.54, 1.807) is 44.1 Å². The highest BCUT2D eigenvalue weighted by Crippen LogP contribution is 2.37. The second-order valence-electron chi connectivity index (χ2n) is 8.07. The van der Waals surface area contributed by atoms with E-state index in [0.29, 0.717) is 34.6 Å². The molecule has 1 unspecified atom stereocenters. The highest BCUT2D eigenvalue weighted by molar-refractivity contribution is 5.96. The molecular formula is C24H26F3N5O2. The van der Waals surface area contributed by atoms with Crippen LogP contribution in [-0.4, -0.2) is 40.7 Å². The zero-order chi connectivity index (χ0) is 25.0. The number of alkyl halides is 3. The second-order valence-corrected chi connectivity index (χ2v) is 8.07. The van der Waals surface area contributed by atoms with Gasteiger partial charge in [-0.05, 0) is 50.2 Å². The Balaban J connectivity index is 1.87. The predicted molar refractivity (Wildman–Crippen MR) is 125 cm³/mol. The van der Waals surface area contributed by atoms with Crippen LogP contribution >= 0.6 is 0 Å². The van der Waals surface area contributed by atoms with E-state index >= 15 is 0 Å². The van der Waals surface area contributed by atoms with Crippen LogP contribution in [0.2, 0.25) is 0 Å². The first kappa shape index (κ1) is 25.0. The lowest BCUT2D eigenvalue weighted by Gasteiger charge is -2.24. The minimum absolute atomic E-state index is 0.0943. The smallest absolute Gasteiger partial charge is 0.393 e. The van der Waals surface area contributed by atoms with Crippen LogP contribution in [0.4, 0.5) is 30.4 Å². The van der Waals surface area contributed by atoms with Gasteiger partial charge in [-0.3, -0.25) is 9.78 Å². The average molecular weight is 473 g/mol. The molecule has 0 aliphatic heterocycles. The van der Waals surface area contributed by atoms with Crippen LogP contribution in [0.25, 0.3) is 11.1 Å². The molecular weight excluding hydrogens is 447 g/mol. The highest BCUT2D eigenvalue weighted by atomic mass is 19.4. The number of aromatic nitrogens is 2. The van der Waals surface area contributed by atoms with Crippen molar-refractivity contribution in [1.29, 1.82) is 0 Å². The lowest BCUT2D eigenvalue weighted by Crippen LogP contribution is -2.30. The lowest BCUT2D eigenvalue weighted by atomic mass is 9.98. The Morgan fingerprint density at radius 1 is 1.24 bits per heavy atom. The van der Waals surface area contributed by atoms with Crippen LogP contribution in [0.15, 0.2) is 48.7 Å². The van der Waals surface area contributed by atoms with Crippen molar-refractivity contribution in [3.05, 3.63) is 65.6 Å². The van der Waals surface area contributed by atoms with Crippen LogP contribution < -0.4 is 16.0 Å². The van der Waals surface area contributed by atoms with Gasteiger partial charge in [0.2, 0.25) is 5.91 Å². The molecule has 1 atom stereocenters. The number of nitrogens with zero attached hydrogens (tertiary/aromatic N) is 3. The fraction of sp³-hybridized carbons (Fsp3) is 0.292. The molecule has 0 saturated heterocycles. The van der Waals surface area contributed by atoms with Gasteiger partial charge in [-0.1, -0.05) is 6.07 Å². The Hall–Kier alpha value is -3.66. The van der Waals surface area contributed by atoms with Gasteiger partial charge in [0.25, 0.3) is 0 Å². The summed E-state index contributed by atoms with van der Waals surface area (Å²) in [5.41, 5.74) is 8.93. The number of nitrogens with one attached hydrogen (secondary N) is 1. The maximum Gasteiger partial charge on any atom is 0.416 e. The summed E-state index contributed by atoms with van der Waals surface area (Å²) in [5, 5.41) is 12.5. The highest BCUT2D eigenvalue weighted by Gasteiger charge is 2.30. The summed E-state index contributed by atoms with van der Waals surface area (Å²) in [6, 6.07) is 9.61. The van der Waals surface area contributed by atoms with Gasteiger partial charge in [0.15, 0.2) is 0 Å². The molecule has 10 heteroatoms. The normalized spacial score (nSPS) is 12.3. The Morgan fingerprint density at radius 2 is 1.91 bits per heavy atom. The first-order valence-electron chi connectivity index (χ1n) is 10.5. The number of pyridine rings is 2. The molecule has 0 saturated carbocycles. The number of anilines is 3. The van der Waals surface area contributed by atoms with Gasteiger partial charge in [-0.2, -0.15) is 13.2 Å². The van der Waals surface area contributed by atoms with E-state index in [2.05, 4.69) is 15.3 Å². The molecule has 0 aliphatic carbocycles. The standard InChI is InChI=1S/C24H26F3N5O2/c1-14-11-20(22(23(28)30-14)18-5-4-10-29-19(18)12-15(2)33)32(3)13-21(34)31-17-8-6-16(7-9-17)24(25,26)27/h4-11,15,33H,12-13H2,1-3H3,(H2,28,30)(H,31,34). The zero-order valence-electron chi connectivity index (χ0n) is 19.0. The van der Waals surface area contributed by atoms with Gasteiger partial charge in [0, 0.05) is 42.2 Å². The fourth-order valence-corrected chi connectivity index (χ4v) is 3.61. The molecule has 0 radical (unpaired) electrons. The summed E-state index contributed by atoms with van der Waals surface area (Å²) < 4.78 is 38.3. The van der Waals surface area contributed by atoms with E-state index in [0.717, 1.165) is 12.1 Å². The quantitative estimate of drug-likeness (QED) is 0.478. The molecule has 0 spiro atoms. The predicted octanol–water partition coefficient (Wildman–Crippen LogP) is 4.05. The van der Waals surface area contributed by atoms with Crippen molar-refractivity contribution in [2.24, 2.45) is 0 Å². The Kier molecular flexibility index (Phi) is 7.41. The van der Waals surface area contributed by atoms with Crippen molar-refractivity contribution >= 4 is 23.1 Å². The number of amides is 1. The molecule has 2 heterocycles. The first-order chi connectivity index (χ1) is 16.0. The van der Waals surface area contributed by atoms with E-state index in [9.17, 15) is 23.1 Å². The van der Waals surface area contributed by atoms with Crippen LogP contribution in [0, 0.1) is 6.92 Å². The third kappa shape index (κ3) is 6.02. The summed E-state index contributed by atoms with van der Waals surface area (Å²) in [7, 11) is 1.70. The van der Waals surface area contributed by atoms with Crippen LogP contribution in [0.5, 0.6) is 0 Å². The van der Waals surface area contributed by atoms with Gasteiger partial charge in [0.05, 0.1) is 29.6 Å². The molecule has 3 aromatic rings. The maximum atomic E-state index is 12.8. The number of aliphatic hydroxyl groups is 1. The molecule has 2 aromatic heterocycles. The molecule has 0 aliphatic rings. The third-order valence-electron chi connectivity index (χ3n) is 5.09. The van der Waals surface area contributed by atoms with Crippen LogP contribution in [0.1, 0.15) is 23.9 Å². The molecule has 3 rings (SSSR count). The number of likely N-dealkylation sites (N-methyl/N-ethyl adjacent to an activating group) is 1. The largest absolute Gasteiger partial charge is 0.416 e. The number of benzene rings is 1. The van der Waals surface area contributed by atoms with E-state index in [1.807, 2.05) is 6.07 Å². The van der Waals surface area contributed by atoms with Gasteiger partial charge in [-0.25, -0.2) is 4.98 Å². The van der Waals surface area contributed by atoms with Crippen LogP contribution in [-0.2, 0) is 17.4 Å². The van der Waals surface area contributed by atoms with Gasteiger partial charge >= 0.3 is 6.18 Å². The van der Waals surface area contributed by atoms with E-state index in [4.69, 9.17) is 5.73 Å². The van der Waals surface area contributed by atoms with Gasteiger partial charge < -0.3 is 21.1 Å². The fourth-order valence-electron chi connectivity index (χ4n) is 3.61. The number of carbonyl (C=O) groups excluding carboxylic acids is 1. The molecule has 34 heavy (non-hydrogen) atoms. The topological polar surface area (TPSA) is 104 Å². The number of aliphatic hydroxyl groups excluding tert-OH is 1. The number of nitrogens with two attached hydrogens (primary N) is 1. The van der Waals surface area contributed by atoms with Gasteiger partial charge in [0.1, 0.15) is 5.82 Å². The molecule has 180 valence electrons. The Labute approximate surface area is 195 Å². The molecule has 4 N–H and O–H groups in total. The summed E-state index contributed by atoms with van der Waals surface area (Å²) >= 11 is 0. The van der Waals surface area contributed by atoms with Crippen molar-refractivity contribution in [1.82, 2.24) is 9.97 Å². The SMILES string of the molecule is Cc1cc(N(C)CC(=O)Nc2ccc(C(F)(F)F)cc2)c(-c2cccnc2CC(C)O)c(N)n1. The minimum atomic E-state index is -4.45.